The van der Waals surface area contributed by atoms with Crippen LogP contribution in [0.15, 0.2) is 24.3 Å². The number of benzene rings is 1. The number of aryl methyl sites for hydroxylation is 1. The van der Waals surface area contributed by atoms with Gasteiger partial charge in [-0.2, -0.15) is 5.10 Å². The minimum Gasteiger partial charge on any atom is -0.326 e. The summed E-state index contributed by atoms with van der Waals surface area (Å²) in [6, 6.07) is 8.18. The Morgan fingerprint density at radius 1 is 1.35 bits per heavy atom. The summed E-state index contributed by atoms with van der Waals surface area (Å²) in [6.07, 6.45) is 0. The highest BCUT2D eigenvalue weighted by Crippen LogP contribution is 2.24. The molecular weight excluding hydrogens is 212 g/mol. The summed E-state index contributed by atoms with van der Waals surface area (Å²) < 4.78 is 2.03. The maximum absolute atomic E-state index is 5.78. The second-order valence-corrected chi connectivity index (χ2v) is 4.36. The second-order valence-electron chi connectivity index (χ2n) is 4.36. The molecule has 2 aromatic rings. The maximum atomic E-state index is 5.78. The van der Waals surface area contributed by atoms with Crippen LogP contribution in [0.1, 0.15) is 22.5 Å². The van der Waals surface area contributed by atoms with Gasteiger partial charge in [0, 0.05) is 25.2 Å². The van der Waals surface area contributed by atoms with Gasteiger partial charge in [0.1, 0.15) is 0 Å². The highest BCUT2D eigenvalue weighted by molar-refractivity contribution is 5.44. The molecular formula is C13H16N4. The molecule has 1 aromatic carbocycles. The largest absolute Gasteiger partial charge is 0.326 e. The maximum Gasteiger partial charge on any atom is 0.0694 e. The zero-order valence-electron chi connectivity index (χ0n) is 9.90. The lowest BCUT2D eigenvalue weighted by Gasteiger charge is -2.10. The van der Waals surface area contributed by atoms with Crippen LogP contribution in [-0.2, 0) is 19.6 Å². The molecule has 0 atom stereocenters. The van der Waals surface area contributed by atoms with E-state index in [2.05, 4.69) is 29.5 Å². The minimum atomic E-state index is 0.539. The molecule has 17 heavy (non-hydrogen) atoms. The highest BCUT2D eigenvalue weighted by Gasteiger charge is 2.21. The van der Waals surface area contributed by atoms with E-state index in [0.717, 1.165) is 30.0 Å². The molecule has 0 fully saturated rings. The van der Waals surface area contributed by atoms with E-state index < -0.39 is 0 Å². The van der Waals surface area contributed by atoms with Crippen molar-refractivity contribution in [3.05, 3.63) is 46.8 Å². The molecule has 0 radical (unpaired) electrons. The van der Waals surface area contributed by atoms with Gasteiger partial charge in [0.2, 0.25) is 0 Å². The van der Waals surface area contributed by atoms with Gasteiger partial charge in [-0.3, -0.25) is 0 Å². The number of hydrogen-bond donors (Lipinski definition) is 2. The van der Waals surface area contributed by atoms with Crippen molar-refractivity contribution < 1.29 is 0 Å². The molecule has 88 valence electrons. The number of nitrogens with two attached hydrogens (primary N) is 1. The number of fused-ring (bicyclic) bond motifs is 1. The van der Waals surface area contributed by atoms with Crippen LogP contribution in [0.2, 0.25) is 0 Å². The Kier molecular flexibility index (Phi) is 2.46. The van der Waals surface area contributed by atoms with Crippen LogP contribution in [0, 0.1) is 6.92 Å². The molecule has 4 heteroatoms. The molecule has 0 aliphatic carbocycles. The van der Waals surface area contributed by atoms with Gasteiger partial charge in [-0.15, -0.1) is 0 Å². The third kappa shape index (κ3) is 1.57. The molecule has 4 nitrogen and oxygen atoms in total. The summed E-state index contributed by atoms with van der Waals surface area (Å²) in [5.74, 6) is 0. The van der Waals surface area contributed by atoms with Gasteiger partial charge >= 0.3 is 0 Å². The van der Waals surface area contributed by atoms with Crippen LogP contribution in [0.3, 0.4) is 0 Å². The van der Waals surface area contributed by atoms with Crippen LogP contribution < -0.4 is 11.1 Å². The predicted octanol–water partition coefficient (Wildman–Crippen LogP) is 1.24. The lowest BCUT2D eigenvalue weighted by atomic mass is 10.1. The molecule has 2 heterocycles. The number of para-hydroxylation sites is 1. The molecule has 1 aromatic heterocycles. The van der Waals surface area contributed by atoms with Crippen LogP contribution >= 0.6 is 0 Å². The van der Waals surface area contributed by atoms with Crippen molar-refractivity contribution in [1.82, 2.24) is 15.1 Å². The number of nitrogens with one attached hydrogen (secondary N) is 1. The monoisotopic (exact) mass is 228 g/mol. The Morgan fingerprint density at radius 3 is 3.00 bits per heavy atom. The lowest BCUT2D eigenvalue weighted by Crippen LogP contribution is -2.10. The Balaban J connectivity index is 2.19. The van der Waals surface area contributed by atoms with Gasteiger partial charge in [-0.25, -0.2) is 4.68 Å². The minimum absolute atomic E-state index is 0.539. The van der Waals surface area contributed by atoms with Gasteiger partial charge in [0.05, 0.1) is 17.1 Å². The molecule has 0 saturated heterocycles. The van der Waals surface area contributed by atoms with Crippen LogP contribution in [0.4, 0.5) is 0 Å². The Bertz CT molecular complexity index is 557. The molecule has 1 aliphatic rings. The zero-order chi connectivity index (χ0) is 11.8. The first-order chi connectivity index (χ1) is 8.31. The summed E-state index contributed by atoms with van der Waals surface area (Å²) >= 11 is 0. The van der Waals surface area contributed by atoms with Crippen molar-refractivity contribution in [2.24, 2.45) is 5.73 Å². The summed E-state index contributed by atoms with van der Waals surface area (Å²) in [5, 5.41) is 8.00. The highest BCUT2D eigenvalue weighted by atomic mass is 15.3. The summed E-state index contributed by atoms with van der Waals surface area (Å²) in [4.78, 5) is 0. The van der Waals surface area contributed by atoms with E-state index in [4.69, 9.17) is 5.73 Å². The fourth-order valence-corrected chi connectivity index (χ4v) is 2.41. The number of rotatable bonds is 2. The van der Waals surface area contributed by atoms with E-state index in [-0.39, 0.29) is 0 Å². The average Bonchev–Trinajstić information content (AvgIpc) is 2.94. The SMILES string of the molecule is Cc1nn(-c2ccccc2CN)c2c1CNC2. The lowest BCUT2D eigenvalue weighted by molar-refractivity contribution is 0.702. The molecule has 1 aliphatic heterocycles. The summed E-state index contributed by atoms with van der Waals surface area (Å²) in [6.45, 7) is 4.41. The molecule has 0 saturated carbocycles. The van der Waals surface area contributed by atoms with E-state index in [1.807, 2.05) is 16.8 Å². The third-order valence-electron chi connectivity index (χ3n) is 3.32. The topological polar surface area (TPSA) is 55.9 Å². The summed E-state index contributed by atoms with van der Waals surface area (Å²) in [7, 11) is 0. The van der Waals surface area contributed by atoms with Gasteiger partial charge in [0.25, 0.3) is 0 Å². The van der Waals surface area contributed by atoms with Crippen LogP contribution in [0.25, 0.3) is 5.69 Å². The molecule has 0 amide bonds. The van der Waals surface area contributed by atoms with Gasteiger partial charge in [-0.1, -0.05) is 18.2 Å². The van der Waals surface area contributed by atoms with Gasteiger partial charge in [-0.05, 0) is 18.6 Å². The van der Waals surface area contributed by atoms with Crippen molar-refractivity contribution in [2.75, 3.05) is 0 Å². The van der Waals surface area contributed by atoms with Crippen molar-refractivity contribution in [3.8, 4) is 5.69 Å². The van der Waals surface area contributed by atoms with Crippen molar-refractivity contribution in [2.45, 2.75) is 26.6 Å². The first-order valence-corrected chi connectivity index (χ1v) is 5.87. The first kappa shape index (κ1) is 10.5. The fraction of sp³-hybridized carbons (Fsp3) is 0.308. The van der Waals surface area contributed by atoms with Gasteiger partial charge < -0.3 is 11.1 Å². The Morgan fingerprint density at radius 2 is 2.18 bits per heavy atom. The van der Waals surface area contributed by atoms with Crippen molar-refractivity contribution in [1.29, 1.82) is 0 Å². The second kappa shape index (κ2) is 3.98. The van der Waals surface area contributed by atoms with E-state index >= 15 is 0 Å². The standard InChI is InChI=1S/C13H16N4/c1-9-11-7-15-8-13(11)17(16-9)12-5-3-2-4-10(12)6-14/h2-5,15H,6-8,14H2,1H3. The van der Waals surface area contributed by atoms with E-state index in [9.17, 15) is 0 Å². The molecule has 0 bridgehead atoms. The van der Waals surface area contributed by atoms with Crippen molar-refractivity contribution in [3.63, 3.8) is 0 Å². The van der Waals surface area contributed by atoms with E-state index in [1.165, 1.54) is 11.3 Å². The van der Waals surface area contributed by atoms with Crippen LogP contribution in [0.5, 0.6) is 0 Å². The summed E-state index contributed by atoms with van der Waals surface area (Å²) in [5.41, 5.74) is 11.7. The zero-order valence-corrected chi connectivity index (χ0v) is 9.90. The molecule has 0 spiro atoms. The Labute approximate surface area is 100 Å². The molecule has 0 unspecified atom stereocenters. The smallest absolute Gasteiger partial charge is 0.0694 e. The third-order valence-corrected chi connectivity index (χ3v) is 3.32. The molecule has 3 rings (SSSR count). The number of nitrogens with zero attached hydrogens (tertiary/aromatic N) is 2. The number of aromatic nitrogens is 2. The van der Waals surface area contributed by atoms with E-state index in [1.54, 1.807) is 0 Å². The quantitative estimate of drug-likeness (QED) is 0.813. The normalized spacial score (nSPS) is 14.0. The molecule has 3 N–H and O–H groups in total. The van der Waals surface area contributed by atoms with E-state index in [0.29, 0.717) is 6.54 Å². The predicted molar refractivity (Wildman–Crippen MR) is 66.7 cm³/mol. The van der Waals surface area contributed by atoms with Crippen LogP contribution in [-0.4, -0.2) is 9.78 Å². The Hall–Kier alpha value is -1.65. The van der Waals surface area contributed by atoms with Crippen molar-refractivity contribution >= 4 is 0 Å². The number of hydrogen-bond acceptors (Lipinski definition) is 3. The average molecular weight is 228 g/mol. The fourth-order valence-electron chi connectivity index (χ4n) is 2.41. The van der Waals surface area contributed by atoms with Gasteiger partial charge in [0.15, 0.2) is 0 Å². The first-order valence-electron chi connectivity index (χ1n) is 5.87.